The van der Waals surface area contributed by atoms with Crippen LogP contribution < -0.4 is 21.7 Å². The lowest BCUT2D eigenvalue weighted by molar-refractivity contribution is 0.0610. The van der Waals surface area contributed by atoms with Gasteiger partial charge in [0.15, 0.2) is 22.5 Å². The Hall–Kier alpha value is -2.86. The van der Waals surface area contributed by atoms with E-state index in [1.165, 1.54) is 12.7 Å². The molecule has 1 aromatic heterocycles. The van der Waals surface area contributed by atoms with E-state index in [0.717, 1.165) is 64.1 Å². The van der Waals surface area contributed by atoms with E-state index >= 15 is 0 Å². The van der Waals surface area contributed by atoms with Gasteiger partial charge in [-0.1, -0.05) is 36.2 Å². The van der Waals surface area contributed by atoms with Crippen LogP contribution >= 0.6 is 23.2 Å². The number of nitrogens with one attached hydrogen (secondary N) is 1. The molecule has 0 spiro atoms. The summed E-state index contributed by atoms with van der Waals surface area (Å²) in [7, 11) is 1.36. The number of halogens is 2. The zero-order valence-corrected chi connectivity index (χ0v) is 24.5. The number of hydrogen-bond donors (Lipinski definition) is 3. The average Bonchev–Trinajstić information content (AvgIpc) is 2.95. The smallest absolute Gasteiger partial charge is 0.406 e. The minimum Gasteiger partial charge on any atom is -0.453 e. The molecule has 0 bridgehead atoms. The number of benzene rings is 1. The second-order valence-electron chi connectivity index (χ2n) is 10.3. The van der Waals surface area contributed by atoms with Crippen LogP contribution in [-0.2, 0) is 17.7 Å². The van der Waals surface area contributed by atoms with E-state index in [4.69, 9.17) is 34.7 Å². The summed E-state index contributed by atoms with van der Waals surface area (Å²) in [5.41, 5.74) is 13.5. The Labute approximate surface area is 245 Å². The van der Waals surface area contributed by atoms with Crippen molar-refractivity contribution in [2.75, 3.05) is 57.0 Å². The molecule has 2 saturated heterocycles. The number of ether oxygens (including phenoxy) is 1. The number of carbonyl (C=O) groups excluding carboxylic acids is 2. The van der Waals surface area contributed by atoms with Crippen LogP contribution in [0.25, 0.3) is 0 Å². The Morgan fingerprint density at radius 1 is 1.12 bits per heavy atom. The maximum atomic E-state index is 11.5. The number of primary amides is 1. The number of anilines is 2. The lowest BCUT2D eigenvalue weighted by atomic mass is 9.97. The highest BCUT2D eigenvalue weighted by atomic mass is 35.5. The average molecular weight is 594 g/mol. The molecule has 2 aromatic rings. The standard InChI is InChI=1S/C27H38Cl2N8O3/c1-3-20-16-36(26-23(29)33-22(25(31)38)24(30)34-26)12-13-37(20)21-7-10-35(11-8-21)15-18-4-5-19(28)14-17(18)6-9-32-27(39)40-2/h4-5,14,20-21H,3,6-13,15-16H2,1-2H3,(H2,30,34)(H2,31,38)(H,32,39)/t20-/m0/s1. The highest BCUT2D eigenvalue weighted by Gasteiger charge is 2.34. The molecule has 1 atom stereocenters. The van der Waals surface area contributed by atoms with E-state index in [9.17, 15) is 9.59 Å². The Bertz CT molecular complexity index is 1210. The van der Waals surface area contributed by atoms with E-state index in [2.05, 4.69) is 47.7 Å². The van der Waals surface area contributed by atoms with Crippen LogP contribution in [0.1, 0.15) is 47.8 Å². The zero-order chi connectivity index (χ0) is 28.8. The van der Waals surface area contributed by atoms with Crippen molar-refractivity contribution in [1.82, 2.24) is 25.1 Å². The molecular weight excluding hydrogens is 555 g/mol. The van der Waals surface area contributed by atoms with E-state index in [-0.39, 0.29) is 16.7 Å². The molecule has 13 heteroatoms. The molecule has 2 aliphatic rings. The largest absolute Gasteiger partial charge is 0.453 e. The number of alkyl carbamates (subject to hydrolysis) is 1. The summed E-state index contributed by atoms with van der Waals surface area (Å²) >= 11 is 12.6. The Kier molecular flexibility index (Phi) is 10.3. The molecule has 4 rings (SSSR count). The highest BCUT2D eigenvalue weighted by Crippen LogP contribution is 2.30. The molecule has 11 nitrogen and oxygen atoms in total. The monoisotopic (exact) mass is 592 g/mol. The molecular formula is C27H38Cl2N8O3. The lowest BCUT2D eigenvalue weighted by Crippen LogP contribution is -2.58. The Morgan fingerprint density at radius 2 is 1.88 bits per heavy atom. The Morgan fingerprint density at radius 3 is 2.55 bits per heavy atom. The summed E-state index contributed by atoms with van der Waals surface area (Å²) in [6, 6.07) is 6.84. The number of methoxy groups -OCH3 is 1. The van der Waals surface area contributed by atoms with Crippen LogP contribution in [0.5, 0.6) is 0 Å². The van der Waals surface area contributed by atoms with Crippen molar-refractivity contribution in [1.29, 1.82) is 0 Å². The molecule has 0 unspecified atom stereocenters. The molecule has 1 aromatic carbocycles. The van der Waals surface area contributed by atoms with Crippen LogP contribution in [-0.4, -0.2) is 90.2 Å². The number of nitrogens with zero attached hydrogens (tertiary/aromatic N) is 5. The first-order valence-corrected chi connectivity index (χ1v) is 14.4. The van der Waals surface area contributed by atoms with Crippen molar-refractivity contribution in [3.63, 3.8) is 0 Å². The van der Waals surface area contributed by atoms with Crippen LogP contribution in [0.2, 0.25) is 10.2 Å². The number of nitrogens with two attached hydrogens (primary N) is 2. The van der Waals surface area contributed by atoms with Crippen LogP contribution in [0.4, 0.5) is 16.4 Å². The molecule has 0 aliphatic carbocycles. The van der Waals surface area contributed by atoms with Gasteiger partial charge in [-0.3, -0.25) is 14.6 Å². The fourth-order valence-electron chi connectivity index (χ4n) is 5.71. The highest BCUT2D eigenvalue weighted by molar-refractivity contribution is 6.32. The number of hydrogen-bond acceptors (Lipinski definition) is 9. The second-order valence-corrected chi connectivity index (χ2v) is 11.1. The van der Waals surface area contributed by atoms with Crippen molar-refractivity contribution < 1.29 is 14.3 Å². The van der Waals surface area contributed by atoms with Gasteiger partial charge in [0, 0.05) is 49.8 Å². The SMILES string of the molecule is CC[C@H]1CN(c2nc(N)c(C(N)=O)nc2Cl)CCN1C1CCN(Cc2ccc(Cl)cc2CCNC(=O)OC)CC1. The number of piperidine rings is 1. The summed E-state index contributed by atoms with van der Waals surface area (Å²) in [5.74, 6) is -0.250. The molecule has 2 amide bonds. The number of likely N-dealkylation sites (tertiary alicyclic amines) is 1. The van der Waals surface area contributed by atoms with Crippen molar-refractivity contribution in [3.8, 4) is 0 Å². The minimum absolute atomic E-state index is 0.00155. The predicted molar refractivity (Wildman–Crippen MR) is 157 cm³/mol. The van der Waals surface area contributed by atoms with Crippen LogP contribution in [0, 0.1) is 0 Å². The fourth-order valence-corrected chi connectivity index (χ4v) is 6.15. The maximum Gasteiger partial charge on any atom is 0.406 e. The van der Waals surface area contributed by atoms with Gasteiger partial charge in [-0.15, -0.1) is 0 Å². The van der Waals surface area contributed by atoms with Crippen molar-refractivity contribution in [2.45, 2.75) is 51.2 Å². The first-order chi connectivity index (χ1) is 19.2. The van der Waals surface area contributed by atoms with Crippen LogP contribution in [0.3, 0.4) is 0 Å². The first kappa shape index (κ1) is 30.1. The molecule has 3 heterocycles. The van der Waals surface area contributed by atoms with Gasteiger partial charge in [0.2, 0.25) is 0 Å². The quantitative estimate of drug-likeness (QED) is 0.400. The van der Waals surface area contributed by atoms with Gasteiger partial charge in [0.05, 0.1) is 7.11 Å². The Balaban J connectivity index is 1.34. The summed E-state index contributed by atoms with van der Waals surface area (Å²) in [6.45, 7) is 7.94. The molecule has 5 N–H and O–H groups in total. The number of aromatic nitrogens is 2. The fraction of sp³-hybridized carbons (Fsp3) is 0.556. The maximum absolute atomic E-state index is 11.5. The zero-order valence-electron chi connectivity index (χ0n) is 23.0. The number of amides is 2. The van der Waals surface area contributed by atoms with E-state index in [0.29, 0.717) is 35.9 Å². The minimum atomic E-state index is -0.746. The predicted octanol–water partition coefficient (Wildman–Crippen LogP) is 2.93. The third-order valence-electron chi connectivity index (χ3n) is 7.83. The summed E-state index contributed by atoms with van der Waals surface area (Å²) < 4.78 is 4.67. The van der Waals surface area contributed by atoms with Gasteiger partial charge in [0.25, 0.3) is 5.91 Å². The molecule has 0 radical (unpaired) electrons. The van der Waals surface area contributed by atoms with E-state index in [1.807, 2.05) is 12.1 Å². The first-order valence-electron chi connectivity index (χ1n) is 13.6. The van der Waals surface area contributed by atoms with Gasteiger partial charge in [-0.2, -0.15) is 0 Å². The molecule has 0 saturated carbocycles. The van der Waals surface area contributed by atoms with Gasteiger partial charge < -0.3 is 26.4 Å². The number of rotatable bonds is 9. The number of carbonyl (C=O) groups is 2. The van der Waals surface area contributed by atoms with Gasteiger partial charge >= 0.3 is 6.09 Å². The molecule has 218 valence electrons. The van der Waals surface area contributed by atoms with Crippen molar-refractivity contribution in [3.05, 3.63) is 45.2 Å². The lowest BCUT2D eigenvalue weighted by Gasteiger charge is -2.47. The number of piperazine rings is 1. The van der Waals surface area contributed by atoms with E-state index in [1.54, 1.807) is 0 Å². The third-order valence-corrected chi connectivity index (χ3v) is 8.32. The van der Waals surface area contributed by atoms with Gasteiger partial charge in [-0.05, 0) is 62.0 Å². The van der Waals surface area contributed by atoms with Crippen molar-refractivity contribution >= 4 is 46.8 Å². The molecule has 40 heavy (non-hydrogen) atoms. The number of nitrogen functional groups attached to an aromatic ring is 1. The summed E-state index contributed by atoms with van der Waals surface area (Å²) in [4.78, 5) is 38.7. The molecule has 2 fully saturated rings. The summed E-state index contributed by atoms with van der Waals surface area (Å²) in [6.07, 6.45) is 3.42. The topological polar surface area (TPSA) is 143 Å². The van der Waals surface area contributed by atoms with Crippen molar-refractivity contribution in [2.24, 2.45) is 5.73 Å². The van der Waals surface area contributed by atoms with Crippen LogP contribution in [0.15, 0.2) is 18.2 Å². The van der Waals surface area contributed by atoms with E-state index < -0.39 is 12.0 Å². The van der Waals surface area contributed by atoms with Gasteiger partial charge in [0.1, 0.15) is 0 Å². The van der Waals surface area contributed by atoms with Gasteiger partial charge in [-0.25, -0.2) is 14.8 Å². The third kappa shape index (κ3) is 7.25. The normalized spacial score (nSPS) is 19.0. The summed E-state index contributed by atoms with van der Waals surface area (Å²) in [5, 5.41) is 3.58. The second kappa shape index (κ2) is 13.7. The molecule has 2 aliphatic heterocycles.